The molecule has 0 atom stereocenters. The molecule has 4 aromatic rings. The minimum absolute atomic E-state index is 0. The standard InChI is InChI=1S/C23H21N3O2.ClH/c1-27-22-10-6-5-7-18(22)15-26-16-21(25-23(26)24)17-11-13-20(14-12-17)28-19-8-3-2-4-9-19;/h2-14,16H,15H2,1H3,(H2,24,25);1H. The van der Waals surface area contributed by atoms with E-state index in [2.05, 4.69) is 4.98 Å². The number of ether oxygens (including phenoxy) is 2. The van der Waals surface area contributed by atoms with E-state index >= 15 is 0 Å². The van der Waals surface area contributed by atoms with Crippen molar-refractivity contribution in [2.24, 2.45) is 0 Å². The molecule has 0 aliphatic carbocycles. The van der Waals surface area contributed by atoms with Crippen LogP contribution in [0.3, 0.4) is 0 Å². The molecule has 0 bridgehead atoms. The number of para-hydroxylation sites is 2. The monoisotopic (exact) mass is 407 g/mol. The van der Waals surface area contributed by atoms with Gasteiger partial charge in [-0.15, -0.1) is 12.4 Å². The number of methoxy groups -OCH3 is 1. The largest absolute Gasteiger partial charge is 0.496 e. The highest BCUT2D eigenvalue weighted by Gasteiger charge is 2.10. The normalized spacial score (nSPS) is 10.2. The number of nitrogen functional groups attached to an aromatic ring is 1. The summed E-state index contributed by atoms with van der Waals surface area (Å²) in [7, 11) is 1.67. The molecule has 0 aliphatic heterocycles. The van der Waals surface area contributed by atoms with E-state index in [9.17, 15) is 0 Å². The molecular weight excluding hydrogens is 386 g/mol. The fourth-order valence-corrected chi connectivity index (χ4v) is 3.03. The van der Waals surface area contributed by atoms with Crippen LogP contribution in [0.25, 0.3) is 11.3 Å². The maximum atomic E-state index is 6.14. The van der Waals surface area contributed by atoms with E-state index in [1.54, 1.807) is 7.11 Å². The van der Waals surface area contributed by atoms with E-state index in [0.717, 1.165) is 34.1 Å². The van der Waals surface area contributed by atoms with Crippen LogP contribution < -0.4 is 15.2 Å². The summed E-state index contributed by atoms with van der Waals surface area (Å²) >= 11 is 0. The number of hydrogen-bond acceptors (Lipinski definition) is 4. The van der Waals surface area contributed by atoms with Gasteiger partial charge in [-0.05, 0) is 42.5 Å². The maximum absolute atomic E-state index is 6.14. The molecule has 29 heavy (non-hydrogen) atoms. The zero-order valence-electron chi connectivity index (χ0n) is 16.0. The summed E-state index contributed by atoms with van der Waals surface area (Å²) < 4.78 is 13.2. The fraction of sp³-hybridized carbons (Fsp3) is 0.0870. The minimum Gasteiger partial charge on any atom is -0.496 e. The Hall–Kier alpha value is -3.44. The summed E-state index contributed by atoms with van der Waals surface area (Å²) in [6.07, 6.45) is 1.95. The molecule has 0 unspecified atom stereocenters. The molecule has 0 aliphatic rings. The zero-order valence-corrected chi connectivity index (χ0v) is 16.8. The van der Waals surface area contributed by atoms with Gasteiger partial charge < -0.3 is 19.8 Å². The molecule has 0 amide bonds. The topological polar surface area (TPSA) is 62.3 Å². The fourth-order valence-electron chi connectivity index (χ4n) is 3.03. The molecule has 1 heterocycles. The number of aromatic nitrogens is 2. The van der Waals surface area contributed by atoms with Gasteiger partial charge in [-0.2, -0.15) is 0 Å². The van der Waals surface area contributed by atoms with E-state index < -0.39 is 0 Å². The van der Waals surface area contributed by atoms with Gasteiger partial charge in [-0.1, -0.05) is 36.4 Å². The number of hydrogen-bond donors (Lipinski definition) is 1. The third kappa shape index (κ3) is 4.70. The maximum Gasteiger partial charge on any atom is 0.201 e. The first-order chi connectivity index (χ1) is 13.7. The summed E-state index contributed by atoms with van der Waals surface area (Å²) in [6, 6.07) is 25.4. The predicted octanol–water partition coefficient (Wildman–Crippen LogP) is 5.40. The second kappa shape index (κ2) is 9.17. The lowest BCUT2D eigenvalue weighted by Crippen LogP contribution is -2.04. The number of nitrogens with zero attached hydrogens (tertiary/aromatic N) is 2. The Kier molecular flexibility index (Phi) is 6.42. The molecule has 4 rings (SSSR count). The molecule has 5 nitrogen and oxygen atoms in total. The Labute approximate surface area is 176 Å². The van der Waals surface area contributed by atoms with Crippen LogP contribution in [0.1, 0.15) is 5.56 Å². The van der Waals surface area contributed by atoms with Crippen LogP contribution >= 0.6 is 12.4 Å². The smallest absolute Gasteiger partial charge is 0.201 e. The lowest BCUT2D eigenvalue weighted by Gasteiger charge is -2.09. The molecule has 6 heteroatoms. The second-order valence-electron chi connectivity index (χ2n) is 6.36. The third-order valence-electron chi connectivity index (χ3n) is 4.47. The Morgan fingerprint density at radius 3 is 2.24 bits per heavy atom. The molecule has 2 N–H and O–H groups in total. The van der Waals surface area contributed by atoms with Gasteiger partial charge in [0.05, 0.1) is 19.3 Å². The summed E-state index contributed by atoms with van der Waals surface area (Å²) in [4.78, 5) is 4.51. The van der Waals surface area contributed by atoms with Crippen LogP contribution in [0.15, 0.2) is 85.1 Å². The van der Waals surface area contributed by atoms with Gasteiger partial charge in [0, 0.05) is 17.3 Å². The Bertz CT molecular complexity index is 1060. The number of imidazole rings is 1. The molecular formula is C23H22ClN3O2. The zero-order chi connectivity index (χ0) is 19.3. The molecule has 148 valence electrons. The van der Waals surface area contributed by atoms with E-state index in [0.29, 0.717) is 12.5 Å². The highest BCUT2D eigenvalue weighted by Crippen LogP contribution is 2.27. The van der Waals surface area contributed by atoms with E-state index in [1.165, 1.54) is 0 Å². The van der Waals surface area contributed by atoms with Crippen molar-refractivity contribution in [3.8, 4) is 28.5 Å². The molecule has 0 saturated heterocycles. The third-order valence-corrected chi connectivity index (χ3v) is 4.47. The quantitative estimate of drug-likeness (QED) is 0.464. The first-order valence-electron chi connectivity index (χ1n) is 9.01. The van der Waals surface area contributed by atoms with Gasteiger partial charge in [0.1, 0.15) is 17.2 Å². The molecule has 0 saturated carbocycles. The highest BCUT2D eigenvalue weighted by molar-refractivity contribution is 5.85. The molecule has 1 aromatic heterocycles. The first kappa shape index (κ1) is 20.3. The van der Waals surface area contributed by atoms with Crippen LogP contribution in [-0.4, -0.2) is 16.7 Å². The summed E-state index contributed by atoms with van der Waals surface area (Å²) in [5.74, 6) is 2.88. The van der Waals surface area contributed by atoms with Crippen molar-refractivity contribution < 1.29 is 9.47 Å². The second-order valence-corrected chi connectivity index (χ2v) is 6.36. The van der Waals surface area contributed by atoms with E-state index in [-0.39, 0.29) is 12.4 Å². The van der Waals surface area contributed by atoms with Crippen molar-refractivity contribution in [1.29, 1.82) is 0 Å². The average molecular weight is 408 g/mol. The van der Waals surface area contributed by atoms with E-state index in [1.807, 2.05) is 89.6 Å². The summed E-state index contributed by atoms with van der Waals surface area (Å²) in [5, 5.41) is 0. The van der Waals surface area contributed by atoms with Crippen molar-refractivity contribution in [2.75, 3.05) is 12.8 Å². The summed E-state index contributed by atoms with van der Waals surface area (Å²) in [6.45, 7) is 0.595. The Morgan fingerprint density at radius 2 is 1.52 bits per heavy atom. The van der Waals surface area contributed by atoms with Crippen LogP contribution in [0.5, 0.6) is 17.2 Å². The Morgan fingerprint density at radius 1 is 0.862 bits per heavy atom. The van der Waals surface area contributed by atoms with Crippen molar-refractivity contribution >= 4 is 18.4 Å². The van der Waals surface area contributed by atoms with Crippen LogP contribution in [0.2, 0.25) is 0 Å². The minimum atomic E-state index is 0. The molecule has 3 aromatic carbocycles. The van der Waals surface area contributed by atoms with Gasteiger partial charge in [0.2, 0.25) is 5.95 Å². The summed E-state index contributed by atoms with van der Waals surface area (Å²) in [5.41, 5.74) is 8.98. The number of benzene rings is 3. The van der Waals surface area contributed by atoms with Crippen LogP contribution in [0.4, 0.5) is 5.95 Å². The Balaban J connectivity index is 0.00000240. The molecule has 0 spiro atoms. The van der Waals surface area contributed by atoms with Crippen LogP contribution in [0, 0.1) is 0 Å². The highest BCUT2D eigenvalue weighted by atomic mass is 35.5. The van der Waals surface area contributed by atoms with Gasteiger partial charge in [-0.25, -0.2) is 4.98 Å². The average Bonchev–Trinajstić information content (AvgIpc) is 3.10. The lowest BCUT2D eigenvalue weighted by molar-refractivity contribution is 0.408. The van der Waals surface area contributed by atoms with Gasteiger partial charge >= 0.3 is 0 Å². The van der Waals surface area contributed by atoms with Gasteiger partial charge in [0.25, 0.3) is 0 Å². The van der Waals surface area contributed by atoms with Crippen molar-refractivity contribution in [3.05, 3.63) is 90.6 Å². The van der Waals surface area contributed by atoms with Gasteiger partial charge in [0.15, 0.2) is 0 Å². The van der Waals surface area contributed by atoms with Crippen LogP contribution in [-0.2, 0) is 6.54 Å². The number of halogens is 1. The SMILES string of the molecule is COc1ccccc1Cn1cc(-c2ccc(Oc3ccccc3)cc2)nc1N.Cl. The number of anilines is 1. The number of nitrogens with two attached hydrogens (primary N) is 1. The predicted molar refractivity (Wildman–Crippen MR) is 118 cm³/mol. The first-order valence-corrected chi connectivity index (χ1v) is 9.01. The van der Waals surface area contributed by atoms with Gasteiger partial charge in [-0.3, -0.25) is 0 Å². The molecule has 0 radical (unpaired) electrons. The van der Waals surface area contributed by atoms with Crippen molar-refractivity contribution in [1.82, 2.24) is 9.55 Å². The molecule has 0 fully saturated rings. The van der Waals surface area contributed by atoms with Crippen molar-refractivity contribution in [3.63, 3.8) is 0 Å². The lowest BCUT2D eigenvalue weighted by atomic mass is 10.1. The van der Waals surface area contributed by atoms with Crippen molar-refractivity contribution in [2.45, 2.75) is 6.54 Å². The number of rotatable bonds is 6. The van der Waals surface area contributed by atoms with E-state index in [4.69, 9.17) is 15.2 Å².